The number of benzene rings is 1. The highest BCUT2D eigenvalue weighted by Gasteiger charge is 2.20. The summed E-state index contributed by atoms with van der Waals surface area (Å²) in [4.78, 5) is 38.9. The van der Waals surface area contributed by atoms with Gasteiger partial charge in [-0.2, -0.15) is 0 Å². The quantitative estimate of drug-likeness (QED) is 0.706. The van der Waals surface area contributed by atoms with Crippen molar-refractivity contribution in [2.75, 3.05) is 11.9 Å². The van der Waals surface area contributed by atoms with Gasteiger partial charge < -0.3 is 15.6 Å². The van der Waals surface area contributed by atoms with Crippen LogP contribution >= 0.6 is 0 Å². The maximum Gasteiger partial charge on any atom is 0.268 e. The monoisotopic (exact) mass is 341 g/mol. The molecule has 0 atom stereocenters. The average molecular weight is 341 g/mol. The predicted molar refractivity (Wildman–Crippen MR) is 97.1 cm³/mol. The number of aromatic nitrogens is 1. The average Bonchev–Trinajstić information content (AvgIpc) is 2.87. The minimum atomic E-state index is -0.410. The summed E-state index contributed by atoms with van der Waals surface area (Å²) >= 11 is 0. The number of ketones is 1. The fourth-order valence-electron chi connectivity index (χ4n) is 2.90. The van der Waals surface area contributed by atoms with E-state index in [0.717, 1.165) is 17.7 Å². The number of nitrogens with one attached hydrogen (secondary N) is 3. The number of H-pyrrole nitrogens is 1. The fourth-order valence-corrected chi connectivity index (χ4v) is 2.90. The van der Waals surface area contributed by atoms with Crippen LogP contribution in [0.2, 0.25) is 0 Å². The number of hydrogen-bond acceptors (Lipinski definition) is 3. The van der Waals surface area contributed by atoms with Crippen LogP contribution in [0.5, 0.6) is 0 Å². The van der Waals surface area contributed by atoms with Gasteiger partial charge >= 0.3 is 0 Å². The van der Waals surface area contributed by atoms with Crippen LogP contribution in [0.1, 0.15) is 51.5 Å². The zero-order valence-electron chi connectivity index (χ0n) is 14.9. The van der Waals surface area contributed by atoms with E-state index in [-0.39, 0.29) is 18.2 Å². The highest BCUT2D eigenvalue weighted by atomic mass is 16.2. The Bertz CT molecular complexity index is 821. The lowest BCUT2D eigenvalue weighted by Crippen LogP contribution is -2.33. The number of rotatable bonds is 6. The zero-order chi connectivity index (χ0) is 18.6. The third-order valence-corrected chi connectivity index (χ3v) is 4.10. The van der Waals surface area contributed by atoms with Gasteiger partial charge in [0.05, 0.1) is 6.54 Å². The molecule has 0 saturated carbocycles. The van der Waals surface area contributed by atoms with Crippen LogP contribution in [0.15, 0.2) is 24.3 Å². The van der Waals surface area contributed by atoms with Crippen LogP contribution in [-0.4, -0.2) is 29.1 Å². The number of Topliss-reactive ketones (excluding diaryl/α,β-unsaturated/α-hetero) is 1. The molecule has 2 aromatic rings. The number of aromatic amines is 1. The summed E-state index contributed by atoms with van der Waals surface area (Å²) < 4.78 is 0. The Morgan fingerprint density at radius 2 is 1.80 bits per heavy atom. The number of para-hydroxylation sites is 1. The van der Waals surface area contributed by atoms with E-state index in [1.54, 1.807) is 13.8 Å². The van der Waals surface area contributed by atoms with Crippen molar-refractivity contribution < 1.29 is 14.4 Å². The Morgan fingerprint density at radius 1 is 1.12 bits per heavy atom. The van der Waals surface area contributed by atoms with Gasteiger partial charge in [-0.25, -0.2) is 0 Å². The van der Waals surface area contributed by atoms with E-state index in [1.807, 2.05) is 31.2 Å². The van der Waals surface area contributed by atoms with Crippen LogP contribution in [0.3, 0.4) is 0 Å². The van der Waals surface area contributed by atoms with Gasteiger partial charge in [-0.3, -0.25) is 14.4 Å². The third-order valence-electron chi connectivity index (χ3n) is 4.10. The van der Waals surface area contributed by atoms with E-state index in [2.05, 4.69) is 15.6 Å². The number of carbonyl (C=O) groups excluding carboxylic acids is 3. The summed E-state index contributed by atoms with van der Waals surface area (Å²) in [5.74, 6) is -0.812. The van der Waals surface area contributed by atoms with E-state index >= 15 is 0 Å². The first kappa shape index (κ1) is 18.4. The normalized spacial score (nSPS) is 10.4. The fraction of sp³-hybridized carbons (Fsp3) is 0.316. The Morgan fingerprint density at radius 3 is 2.40 bits per heavy atom. The van der Waals surface area contributed by atoms with Crippen molar-refractivity contribution >= 4 is 23.3 Å². The molecule has 2 amide bonds. The van der Waals surface area contributed by atoms with E-state index < -0.39 is 5.91 Å². The Labute approximate surface area is 147 Å². The van der Waals surface area contributed by atoms with Crippen molar-refractivity contribution in [3.8, 4) is 0 Å². The molecule has 25 heavy (non-hydrogen) atoms. The SMILES string of the molecule is CCc1ccccc1NC(=O)CNC(=O)c1[nH]c(C)c(C(C)=O)c1C. The molecule has 2 rings (SSSR count). The first-order chi connectivity index (χ1) is 11.8. The maximum atomic E-state index is 12.3. The lowest BCUT2D eigenvalue weighted by molar-refractivity contribution is -0.115. The molecule has 1 aromatic carbocycles. The number of amides is 2. The molecule has 0 radical (unpaired) electrons. The summed E-state index contributed by atoms with van der Waals surface area (Å²) in [6, 6.07) is 7.54. The first-order valence-corrected chi connectivity index (χ1v) is 8.21. The minimum Gasteiger partial charge on any atom is -0.354 e. The molecule has 0 spiro atoms. The maximum absolute atomic E-state index is 12.3. The van der Waals surface area contributed by atoms with E-state index in [0.29, 0.717) is 22.5 Å². The molecule has 0 bridgehead atoms. The standard InChI is InChI=1S/C19H23N3O3/c1-5-14-8-6-7-9-15(14)22-16(24)10-20-19(25)18-11(2)17(13(4)23)12(3)21-18/h6-9,21H,5,10H2,1-4H3,(H,20,25)(H,22,24). The van der Waals surface area contributed by atoms with Crippen LogP contribution in [0, 0.1) is 13.8 Å². The zero-order valence-corrected chi connectivity index (χ0v) is 14.9. The van der Waals surface area contributed by atoms with Crippen LogP contribution in [0.4, 0.5) is 5.69 Å². The van der Waals surface area contributed by atoms with Gasteiger partial charge in [0, 0.05) is 16.9 Å². The molecule has 3 N–H and O–H groups in total. The topological polar surface area (TPSA) is 91.1 Å². The van der Waals surface area contributed by atoms with Gasteiger partial charge in [-0.1, -0.05) is 25.1 Å². The van der Waals surface area contributed by atoms with Gasteiger partial charge in [0.25, 0.3) is 5.91 Å². The number of aryl methyl sites for hydroxylation is 2. The molecule has 0 saturated heterocycles. The molecule has 0 fully saturated rings. The molecule has 0 aliphatic heterocycles. The summed E-state index contributed by atoms with van der Waals surface area (Å²) in [5.41, 5.74) is 3.85. The molecular formula is C19H23N3O3. The molecule has 0 aliphatic rings. The molecule has 0 unspecified atom stereocenters. The van der Waals surface area contributed by atoms with Gasteiger partial charge in [0.2, 0.25) is 5.91 Å². The van der Waals surface area contributed by atoms with E-state index in [4.69, 9.17) is 0 Å². The van der Waals surface area contributed by atoms with Crippen LogP contribution in [0.25, 0.3) is 0 Å². The summed E-state index contributed by atoms with van der Waals surface area (Å²) in [5, 5.41) is 5.38. The molecular weight excluding hydrogens is 318 g/mol. The van der Waals surface area contributed by atoms with Crippen molar-refractivity contribution in [3.05, 3.63) is 52.3 Å². The second-order valence-electron chi connectivity index (χ2n) is 5.92. The van der Waals surface area contributed by atoms with Crippen LogP contribution < -0.4 is 10.6 Å². The Kier molecular flexibility index (Phi) is 5.75. The number of anilines is 1. The highest BCUT2D eigenvalue weighted by molar-refractivity contribution is 6.04. The summed E-state index contributed by atoms with van der Waals surface area (Å²) in [7, 11) is 0. The minimum absolute atomic E-state index is 0.0979. The lowest BCUT2D eigenvalue weighted by Gasteiger charge is -2.10. The van der Waals surface area contributed by atoms with Crippen molar-refractivity contribution in [2.24, 2.45) is 0 Å². The molecule has 132 valence electrons. The first-order valence-electron chi connectivity index (χ1n) is 8.21. The number of carbonyl (C=O) groups is 3. The second kappa shape index (κ2) is 7.79. The summed E-state index contributed by atoms with van der Waals surface area (Å²) in [6.45, 7) is 6.78. The Balaban J connectivity index is 2.02. The van der Waals surface area contributed by atoms with Gasteiger partial charge in [-0.05, 0) is 44.4 Å². The molecule has 1 aromatic heterocycles. The van der Waals surface area contributed by atoms with Gasteiger partial charge in [-0.15, -0.1) is 0 Å². The largest absolute Gasteiger partial charge is 0.354 e. The number of hydrogen-bond donors (Lipinski definition) is 3. The van der Waals surface area contributed by atoms with Crippen molar-refractivity contribution in [3.63, 3.8) is 0 Å². The Hall–Kier alpha value is -2.89. The van der Waals surface area contributed by atoms with Crippen molar-refractivity contribution in [2.45, 2.75) is 34.1 Å². The van der Waals surface area contributed by atoms with Crippen molar-refractivity contribution in [1.82, 2.24) is 10.3 Å². The molecule has 1 heterocycles. The molecule has 6 heteroatoms. The molecule has 0 aliphatic carbocycles. The van der Waals surface area contributed by atoms with E-state index in [9.17, 15) is 14.4 Å². The third kappa shape index (κ3) is 4.15. The van der Waals surface area contributed by atoms with Gasteiger partial charge in [0.15, 0.2) is 5.78 Å². The predicted octanol–water partition coefficient (Wildman–Crippen LogP) is 2.77. The smallest absolute Gasteiger partial charge is 0.268 e. The second-order valence-corrected chi connectivity index (χ2v) is 5.92. The summed E-state index contributed by atoms with van der Waals surface area (Å²) in [6.07, 6.45) is 0.803. The van der Waals surface area contributed by atoms with Crippen LogP contribution in [-0.2, 0) is 11.2 Å². The molecule has 6 nitrogen and oxygen atoms in total. The van der Waals surface area contributed by atoms with Gasteiger partial charge in [0.1, 0.15) is 5.69 Å². The highest BCUT2D eigenvalue weighted by Crippen LogP contribution is 2.18. The lowest BCUT2D eigenvalue weighted by atomic mass is 10.1. The van der Waals surface area contributed by atoms with Crippen molar-refractivity contribution in [1.29, 1.82) is 0 Å². The van der Waals surface area contributed by atoms with E-state index in [1.165, 1.54) is 6.92 Å².